The predicted molar refractivity (Wildman–Crippen MR) is 72.7 cm³/mol. The smallest absolute Gasteiger partial charge is 0.335 e. The van der Waals surface area contributed by atoms with Crippen LogP contribution in [0, 0.1) is 0 Å². The number of thioether (sulfide) groups is 1. The number of carbonyl (C=O) groups excluding carboxylic acids is 1. The van der Waals surface area contributed by atoms with Crippen LogP contribution in [-0.2, 0) is 4.79 Å². The van der Waals surface area contributed by atoms with E-state index < -0.39 is 5.97 Å². The first-order valence-electron chi connectivity index (χ1n) is 4.86. The van der Waals surface area contributed by atoms with Gasteiger partial charge < -0.3 is 10.4 Å². The molecular formula is C11H12BrNO3S. The third-order valence-electron chi connectivity index (χ3n) is 2.02. The maximum absolute atomic E-state index is 11.5. The van der Waals surface area contributed by atoms with Crippen LogP contribution in [0.15, 0.2) is 22.7 Å². The molecule has 1 rings (SSSR count). The summed E-state index contributed by atoms with van der Waals surface area (Å²) in [4.78, 5) is 22.3. The van der Waals surface area contributed by atoms with Crippen molar-refractivity contribution in [3.63, 3.8) is 0 Å². The monoisotopic (exact) mass is 317 g/mol. The number of nitrogens with one attached hydrogen (secondary N) is 1. The third-order valence-corrected chi connectivity index (χ3v) is 3.32. The van der Waals surface area contributed by atoms with Gasteiger partial charge in [-0.25, -0.2) is 4.79 Å². The van der Waals surface area contributed by atoms with Gasteiger partial charge >= 0.3 is 5.97 Å². The first kappa shape index (κ1) is 14.1. The Bertz CT molecular complexity index is 437. The summed E-state index contributed by atoms with van der Waals surface area (Å²) in [5, 5.41) is 11.5. The van der Waals surface area contributed by atoms with E-state index in [0.29, 0.717) is 16.6 Å². The minimum atomic E-state index is -1.02. The lowest BCUT2D eigenvalue weighted by molar-refractivity contribution is -0.115. The van der Waals surface area contributed by atoms with E-state index >= 15 is 0 Å². The van der Waals surface area contributed by atoms with E-state index in [2.05, 4.69) is 21.2 Å². The number of hydrogen-bond acceptors (Lipinski definition) is 3. The van der Waals surface area contributed by atoms with Gasteiger partial charge in [-0.05, 0) is 40.4 Å². The summed E-state index contributed by atoms with van der Waals surface area (Å²) >= 11 is 4.85. The Balaban J connectivity index is 2.79. The number of carboxylic acid groups (broad SMARTS) is 1. The lowest BCUT2D eigenvalue weighted by Gasteiger charge is -2.07. The molecule has 0 spiro atoms. The molecule has 1 amide bonds. The molecule has 1 aromatic rings. The van der Waals surface area contributed by atoms with Gasteiger partial charge in [0.15, 0.2) is 0 Å². The van der Waals surface area contributed by atoms with E-state index in [-0.39, 0.29) is 11.5 Å². The van der Waals surface area contributed by atoms with Gasteiger partial charge in [0.25, 0.3) is 0 Å². The highest BCUT2D eigenvalue weighted by Crippen LogP contribution is 2.23. The van der Waals surface area contributed by atoms with Crippen molar-refractivity contribution in [1.82, 2.24) is 0 Å². The summed E-state index contributed by atoms with van der Waals surface area (Å²) in [5.41, 5.74) is 0.629. The van der Waals surface area contributed by atoms with Crippen molar-refractivity contribution in [3.05, 3.63) is 28.2 Å². The predicted octanol–water partition coefficient (Wildman–Crippen LogP) is 2.84. The van der Waals surface area contributed by atoms with E-state index in [1.54, 1.807) is 17.8 Å². The van der Waals surface area contributed by atoms with Crippen LogP contribution >= 0.6 is 27.7 Å². The number of halogens is 1. The Hall–Kier alpha value is -1.01. The van der Waals surface area contributed by atoms with Gasteiger partial charge in [0, 0.05) is 16.6 Å². The summed E-state index contributed by atoms with van der Waals surface area (Å²) in [6.07, 6.45) is 2.33. The third kappa shape index (κ3) is 4.40. The second kappa shape index (κ2) is 6.66. The number of anilines is 1. The van der Waals surface area contributed by atoms with Gasteiger partial charge in [-0.1, -0.05) is 0 Å². The van der Waals surface area contributed by atoms with Gasteiger partial charge in [0.1, 0.15) is 0 Å². The summed E-state index contributed by atoms with van der Waals surface area (Å²) in [6.45, 7) is 0. The number of rotatable bonds is 5. The van der Waals surface area contributed by atoms with E-state index in [1.807, 2.05) is 6.26 Å². The van der Waals surface area contributed by atoms with Crippen molar-refractivity contribution >= 4 is 45.3 Å². The van der Waals surface area contributed by atoms with Crippen molar-refractivity contribution in [2.45, 2.75) is 6.42 Å². The topological polar surface area (TPSA) is 66.4 Å². The van der Waals surface area contributed by atoms with Crippen LogP contribution < -0.4 is 5.32 Å². The zero-order chi connectivity index (χ0) is 12.8. The maximum Gasteiger partial charge on any atom is 0.335 e. The molecule has 0 bridgehead atoms. The number of carbonyl (C=O) groups is 2. The molecular weight excluding hydrogens is 306 g/mol. The first-order chi connectivity index (χ1) is 8.04. The van der Waals surface area contributed by atoms with Gasteiger partial charge in [-0.2, -0.15) is 11.8 Å². The molecule has 4 nitrogen and oxygen atoms in total. The molecule has 2 N–H and O–H groups in total. The molecule has 0 saturated heterocycles. The fraction of sp³-hybridized carbons (Fsp3) is 0.273. The Kier molecular flexibility index (Phi) is 5.50. The Morgan fingerprint density at radius 3 is 2.76 bits per heavy atom. The molecule has 1 aromatic carbocycles. The molecule has 0 radical (unpaired) electrons. The summed E-state index contributed by atoms with van der Waals surface area (Å²) in [7, 11) is 0. The quantitative estimate of drug-likeness (QED) is 0.876. The van der Waals surface area contributed by atoms with Crippen molar-refractivity contribution < 1.29 is 14.7 Å². The molecule has 0 fully saturated rings. The van der Waals surface area contributed by atoms with Crippen LogP contribution in [0.25, 0.3) is 0 Å². The number of amides is 1. The van der Waals surface area contributed by atoms with Crippen molar-refractivity contribution in [2.75, 3.05) is 17.3 Å². The van der Waals surface area contributed by atoms with E-state index in [1.165, 1.54) is 12.1 Å². The lowest BCUT2D eigenvalue weighted by atomic mass is 10.2. The minimum Gasteiger partial charge on any atom is -0.478 e. The fourth-order valence-corrected chi connectivity index (χ4v) is 1.90. The van der Waals surface area contributed by atoms with Gasteiger partial charge in [0.2, 0.25) is 5.91 Å². The Morgan fingerprint density at radius 2 is 2.18 bits per heavy atom. The second-order valence-corrected chi connectivity index (χ2v) is 5.13. The minimum absolute atomic E-state index is 0.123. The number of benzene rings is 1. The van der Waals surface area contributed by atoms with Crippen molar-refractivity contribution in [1.29, 1.82) is 0 Å². The maximum atomic E-state index is 11.5. The second-order valence-electron chi connectivity index (χ2n) is 3.29. The van der Waals surface area contributed by atoms with E-state index in [0.717, 1.165) is 5.75 Å². The summed E-state index contributed by atoms with van der Waals surface area (Å²) < 4.78 is 0.667. The van der Waals surface area contributed by atoms with Crippen LogP contribution in [-0.4, -0.2) is 29.0 Å². The van der Waals surface area contributed by atoms with Gasteiger partial charge in [0.05, 0.1) is 11.3 Å². The van der Waals surface area contributed by atoms with E-state index in [4.69, 9.17) is 5.11 Å². The Morgan fingerprint density at radius 1 is 1.47 bits per heavy atom. The summed E-state index contributed by atoms with van der Waals surface area (Å²) in [6, 6.07) is 4.51. The molecule has 0 unspecified atom stereocenters. The zero-order valence-electron chi connectivity index (χ0n) is 9.20. The highest BCUT2D eigenvalue weighted by molar-refractivity contribution is 9.10. The van der Waals surface area contributed by atoms with Crippen LogP contribution in [0.5, 0.6) is 0 Å². The van der Waals surface area contributed by atoms with E-state index in [9.17, 15) is 9.59 Å². The molecule has 0 atom stereocenters. The summed E-state index contributed by atoms with van der Waals surface area (Å²) in [5.74, 6) is -0.401. The lowest BCUT2D eigenvalue weighted by Crippen LogP contribution is -2.13. The van der Waals surface area contributed by atoms with Gasteiger partial charge in [-0.3, -0.25) is 4.79 Å². The first-order valence-corrected chi connectivity index (χ1v) is 7.05. The van der Waals surface area contributed by atoms with Crippen LogP contribution in [0.1, 0.15) is 16.8 Å². The molecule has 0 aliphatic rings. The van der Waals surface area contributed by atoms with Gasteiger partial charge in [-0.15, -0.1) is 0 Å². The average molecular weight is 318 g/mol. The molecule has 0 heterocycles. The average Bonchev–Trinajstić information content (AvgIpc) is 2.29. The molecule has 0 aromatic heterocycles. The normalized spacial score (nSPS) is 10.0. The molecule has 92 valence electrons. The van der Waals surface area contributed by atoms with Crippen LogP contribution in [0.2, 0.25) is 0 Å². The zero-order valence-corrected chi connectivity index (χ0v) is 11.6. The highest BCUT2D eigenvalue weighted by atomic mass is 79.9. The largest absolute Gasteiger partial charge is 0.478 e. The number of hydrogen-bond donors (Lipinski definition) is 2. The fourth-order valence-electron chi connectivity index (χ4n) is 1.16. The van der Waals surface area contributed by atoms with Crippen LogP contribution in [0.3, 0.4) is 0 Å². The van der Waals surface area contributed by atoms with Crippen molar-refractivity contribution in [2.24, 2.45) is 0 Å². The number of carboxylic acids is 1. The molecule has 17 heavy (non-hydrogen) atoms. The highest BCUT2D eigenvalue weighted by Gasteiger charge is 2.09. The molecule has 0 aliphatic heterocycles. The number of aromatic carboxylic acids is 1. The molecule has 6 heteroatoms. The Labute approximate surface area is 112 Å². The standard InChI is InChI=1S/C11H12BrNO3S/c1-17-5-4-10(14)13-9-6-7(11(15)16)2-3-8(9)12/h2-3,6H,4-5H2,1H3,(H,13,14)(H,15,16). The molecule has 0 aliphatic carbocycles. The SMILES string of the molecule is CSCCC(=O)Nc1cc(C(=O)O)ccc1Br. The van der Waals surface area contributed by atoms with Crippen LogP contribution in [0.4, 0.5) is 5.69 Å². The van der Waals surface area contributed by atoms with Crippen molar-refractivity contribution in [3.8, 4) is 0 Å². The molecule has 0 saturated carbocycles.